The van der Waals surface area contributed by atoms with Crippen molar-refractivity contribution in [1.29, 1.82) is 0 Å². The number of nitrogens with zero attached hydrogens (tertiary/aromatic N) is 4. The molecule has 1 aromatic rings. The molecule has 2 aliphatic heterocycles. The molecule has 0 bridgehead atoms. The molecule has 6 heteroatoms. The standard InChI is InChI=1S/C17H22N4O2/c1-14(22)20-11-9-19(10-12-20)13-17(23)21-8-7-16(18-21)15-5-3-2-4-6-15/h2-6H,7-13H2,1H3. The molecule has 6 nitrogen and oxygen atoms in total. The van der Waals surface area contributed by atoms with E-state index in [4.69, 9.17) is 0 Å². The zero-order chi connectivity index (χ0) is 16.2. The fraction of sp³-hybridized carbons (Fsp3) is 0.471. The maximum Gasteiger partial charge on any atom is 0.256 e. The van der Waals surface area contributed by atoms with Crippen molar-refractivity contribution < 1.29 is 9.59 Å². The molecule has 23 heavy (non-hydrogen) atoms. The molecule has 1 aromatic carbocycles. The van der Waals surface area contributed by atoms with Gasteiger partial charge in [0.2, 0.25) is 5.91 Å². The van der Waals surface area contributed by atoms with Gasteiger partial charge in [-0.25, -0.2) is 5.01 Å². The van der Waals surface area contributed by atoms with Crippen LogP contribution in [0.2, 0.25) is 0 Å². The number of hydrogen-bond acceptors (Lipinski definition) is 4. The van der Waals surface area contributed by atoms with Gasteiger partial charge in [0.15, 0.2) is 0 Å². The van der Waals surface area contributed by atoms with Gasteiger partial charge in [0.05, 0.1) is 18.8 Å². The molecule has 3 rings (SSSR count). The maximum atomic E-state index is 12.4. The molecule has 0 atom stereocenters. The predicted octanol–water partition coefficient (Wildman–Crippen LogP) is 0.787. The van der Waals surface area contributed by atoms with Crippen LogP contribution in [0.3, 0.4) is 0 Å². The minimum atomic E-state index is 0.0345. The fourth-order valence-electron chi connectivity index (χ4n) is 2.96. The second-order valence-electron chi connectivity index (χ2n) is 5.96. The van der Waals surface area contributed by atoms with E-state index in [1.165, 1.54) is 0 Å². The summed E-state index contributed by atoms with van der Waals surface area (Å²) in [6, 6.07) is 9.98. The molecule has 1 saturated heterocycles. The molecule has 0 aromatic heterocycles. The van der Waals surface area contributed by atoms with Crippen molar-refractivity contribution in [2.45, 2.75) is 13.3 Å². The Morgan fingerprint density at radius 3 is 2.39 bits per heavy atom. The van der Waals surface area contributed by atoms with E-state index in [1.807, 2.05) is 35.2 Å². The van der Waals surface area contributed by atoms with E-state index in [9.17, 15) is 9.59 Å². The number of hydrogen-bond donors (Lipinski definition) is 0. The van der Waals surface area contributed by atoms with Crippen LogP contribution in [0.15, 0.2) is 35.4 Å². The molecule has 1 fully saturated rings. The van der Waals surface area contributed by atoms with Crippen molar-refractivity contribution in [3.8, 4) is 0 Å². The van der Waals surface area contributed by atoms with Crippen molar-refractivity contribution in [1.82, 2.24) is 14.8 Å². The maximum absolute atomic E-state index is 12.4. The minimum Gasteiger partial charge on any atom is -0.340 e. The highest BCUT2D eigenvalue weighted by Gasteiger charge is 2.25. The Kier molecular flexibility index (Phi) is 4.71. The Morgan fingerprint density at radius 1 is 1.04 bits per heavy atom. The van der Waals surface area contributed by atoms with E-state index in [-0.39, 0.29) is 11.8 Å². The monoisotopic (exact) mass is 314 g/mol. The van der Waals surface area contributed by atoms with Crippen LogP contribution in [0, 0.1) is 0 Å². The molecule has 0 radical (unpaired) electrons. The van der Waals surface area contributed by atoms with Crippen molar-refractivity contribution in [3.63, 3.8) is 0 Å². The van der Waals surface area contributed by atoms with E-state index in [0.29, 0.717) is 26.2 Å². The minimum absolute atomic E-state index is 0.0345. The van der Waals surface area contributed by atoms with Crippen molar-refractivity contribution >= 4 is 17.5 Å². The molecule has 0 N–H and O–H groups in total. The Balaban J connectivity index is 1.54. The molecule has 2 aliphatic rings. The van der Waals surface area contributed by atoms with Crippen LogP contribution < -0.4 is 0 Å². The number of piperazine rings is 1. The van der Waals surface area contributed by atoms with Gasteiger partial charge >= 0.3 is 0 Å². The summed E-state index contributed by atoms with van der Waals surface area (Å²) in [6.07, 6.45) is 0.799. The van der Waals surface area contributed by atoms with E-state index in [2.05, 4.69) is 10.0 Å². The van der Waals surface area contributed by atoms with Crippen LogP contribution in [0.4, 0.5) is 0 Å². The lowest BCUT2D eigenvalue weighted by molar-refractivity contribution is -0.133. The molecule has 0 unspecified atom stereocenters. The van der Waals surface area contributed by atoms with Gasteiger partial charge in [-0.05, 0) is 5.56 Å². The van der Waals surface area contributed by atoms with E-state index in [1.54, 1.807) is 11.9 Å². The first kappa shape index (κ1) is 15.7. The Bertz CT molecular complexity index is 606. The summed E-state index contributed by atoms with van der Waals surface area (Å²) in [5.74, 6) is 0.139. The summed E-state index contributed by atoms with van der Waals surface area (Å²) in [4.78, 5) is 27.6. The van der Waals surface area contributed by atoms with Crippen molar-refractivity contribution in [3.05, 3.63) is 35.9 Å². The number of carbonyl (C=O) groups excluding carboxylic acids is 2. The first-order valence-corrected chi connectivity index (χ1v) is 8.04. The fourth-order valence-corrected chi connectivity index (χ4v) is 2.96. The Hall–Kier alpha value is -2.21. The largest absolute Gasteiger partial charge is 0.340 e. The topological polar surface area (TPSA) is 56.2 Å². The van der Waals surface area contributed by atoms with Crippen LogP contribution >= 0.6 is 0 Å². The zero-order valence-corrected chi connectivity index (χ0v) is 13.4. The summed E-state index contributed by atoms with van der Waals surface area (Å²) in [5.41, 5.74) is 2.05. The lowest BCUT2D eigenvalue weighted by Gasteiger charge is -2.34. The molecule has 0 saturated carbocycles. The smallest absolute Gasteiger partial charge is 0.256 e. The van der Waals surface area contributed by atoms with E-state index >= 15 is 0 Å². The molecule has 0 spiro atoms. The molecular weight excluding hydrogens is 292 g/mol. The lowest BCUT2D eigenvalue weighted by atomic mass is 10.1. The van der Waals surface area contributed by atoms with Crippen LogP contribution in [-0.4, -0.2) is 71.6 Å². The number of hydrazone groups is 1. The number of carbonyl (C=O) groups is 2. The second-order valence-corrected chi connectivity index (χ2v) is 5.96. The van der Waals surface area contributed by atoms with Crippen molar-refractivity contribution in [2.24, 2.45) is 5.10 Å². The summed E-state index contributed by atoms with van der Waals surface area (Å²) < 4.78 is 0. The number of benzene rings is 1. The summed E-state index contributed by atoms with van der Waals surface area (Å²) in [5, 5.41) is 6.06. The van der Waals surface area contributed by atoms with Gasteiger partial charge in [-0.3, -0.25) is 14.5 Å². The number of amides is 2. The van der Waals surface area contributed by atoms with Gasteiger partial charge in [-0.15, -0.1) is 0 Å². The second kappa shape index (κ2) is 6.91. The average Bonchev–Trinajstić information content (AvgIpc) is 3.06. The third-order valence-corrected chi connectivity index (χ3v) is 4.37. The van der Waals surface area contributed by atoms with Gasteiger partial charge in [-0.2, -0.15) is 5.10 Å². The van der Waals surface area contributed by atoms with Crippen LogP contribution in [0.1, 0.15) is 18.9 Å². The SMILES string of the molecule is CC(=O)N1CCN(CC(=O)N2CCC(c3ccccc3)=N2)CC1. The highest BCUT2D eigenvalue weighted by Crippen LogP contribution is 2.14. The molecule has 2 heterocycles. The van der Waals surface area contributed by atoms with Crippen molar-refractivity contribution in [2.75, 3.05) is 39.3 Å². The highest BCUT2D eigenvalue weighted by atomic mass is 16.2. The highest BCUT2D eigenvalue weighted by molar-refractivity contribution is 6.02. The summed E-state index contributed by atoms with van der Waals surface area (Å²) in [7, 11) is 0. The van der Waals surface area contributed by atoms with Gasteiger partial charge in [-0.1, -0.05) is 30.3 Å². The van der Waals surface area contributed by atoms with E-state index < -0.39 is 0 Å². The van der Waals surface area contributed by atoms with Gasteiger partial charge < -0.3 is 4.90 Å². The summed E-state index contributed by atoms with van der Waals surface area (Å²) in [6.45, 7) is 5.49. The predicted molar refractivity (Wildman–Crippen MR) is 88.0 cm³/mol. The number of rotatable bonds is 3. The molecule has 2 amide bonds. The van der Waals surface area contributed by atoms with Crippen LogP contribution in [-0.2, 0) is 9.59 Å². The van der Waals surface area contributed by atoms with E-state index in [0.717, 1.165) is 30.8 Å². The lowest BCUT2D eigenvalue weighted by Crippen LogP contribution is -2.50. The molecule has 0 aliphatic carbocycles. The summed E-state index contributed by atoms with van der Waals surface area (Å²) >= 11 is 0. The average molecular weight is 314 g/mol. The third kappa shape index (κ3) is 3.76. The van der Waals surface area contributed by atoms with Crippen LogP contribution in [0.25, 0.3) is 0 Å². The van der Waals surface area contributed by atoms with Gasteiger partial charge in [0.25, 0.3) is 5.91 Å². The molecule has 122 valence electrons. The zero-order valence-electron chi connectivity index (χ0n) is 13.4. The van der Waals surface area contributed by atoms with Gasteiger partial charge in [0.1, 0.15) is 0 Å². The quantitative estimate of drug-likeness (QED) is 0.829. The molecular formula is C17H22N4O2. The normalized spacial score (nSPS) is 18.9. The van der Waals surface area contributed by atoms with Gasteiger partial charge in [0, 0.05) is 39.5 Å². The Labute approximate surface area is 136 Å². The first-order valence-electron chi connectivity index (χ1n) is 8.04. The Morgan fingerprint density at radius 2 is 1.74 bits per heavy atom. The first-order chi connectivity index (χ1) is 11.1. The third-order valence-electron chi connectivity index (χ3n) is 4.37. The van der Waals surface area contributed by atoms with Crippen LogP contribution in [0.5, 0.6) is 0 Å².